The fraction of sp³-hybridized carbons (Fsp3) is 0.300. The van der Waals surface area contributed by atoms with E-state index in [1.807, 2.05) is 31.2 Å². The molecule has 0 radical (unpaired) electrons. The van der Waals surface area contributed by atoms with Crippen LogP contribution in [0.15, 0.2) is 29.3 Å². The molecule has 0 amide bonds. The third-order valence-corrected chi connectivity index (χ3v) is 5.64. The predicted octanol–water partition coefficient (Wildman–Crippen LogP) is 4.85. The van der Waals surface area contributed by atoms with Crippen LogP contribution in [-0.4, -0.2) is 26.3 Å². The Morgan fingerprint density at radius 1 is 1.11 bits per heavy atom. The number of ketones is 1. The normalized spacial score (nSPS) is 12.3. The molecule has 2 aromatic heterocycles. The molecule has 3 heterocycles. The van der Waals surface area contributed by atoms with E-state index in [-0.39, 0.29) is 5.78 Å². The van der Waals surface area contributed by atoms with Crippen molar-refractivity contribution >= 4 is 34.4 Å². The van der Waals surface area contributed by atoms with E-state index in [2.05, 4.69) is 28.6 Å². The van der Waals surface area contributed by atoms with Crippen LogP contribution < -0.4 is 0 Å². The summed E-state index contributed by atoms with van der Waals surface area (Å²) in [5, 5.41) is 10.4. The number of hydrogen-bond acceptors (Lipinski definition) is 5. The zero-order valence-electron chi connectivity index (χ0n) is 16.0. The average Bonchev–Trinajstić information content (AvgIpc) is 3.04. The minimum Gasteiger partial charge on any atom is -0.300 e. The molecule has 1 aromatic carbocycles. The first-order valence-corrected chi connectivity index (χ1v) is 9.78. The quantitative estimate of drug-likeness (QED) is 0.586. The summed E-state index contributed by atoms with van der Waals surface area (Å²) in [5.41, 5.74) is 4.52. The summed E-state index contributed by atoms with van der Waals surface area (Å²) in [6.07, 6.45) is 0. The van der Waals surface area contributed by atoms with E-state index in [1.54, 1.807) is 11.3 Å². The Morgan fingerprint density at radius 3 is 2.37 bits per heavy atom. The van der Waals surface area contributed by atoms with Gasteiger partial charge in [-0.1, -0.05) is 23.7 Å². The Labute approximate surface area is 167 Å². The zero-order chi connectivity index (χ0) is 19.7. The van der Waals surface area contributed by atoms with Gasteiger partial charge in [0, 0.05) is 21.0 Å². The number of rotatable bonds is 1. The lowest BCUT2D eigenvalue weighted by Gasteiger charge is -2.09. The van der Waals surface area contributed by atoms with E-state index in [9.17, 15) is 4.79 Å². The van der Waals surface area contributed by atoms with Gasteiger partial charge in [-0.3, -0.25) is 9.56 Å². The van der Waals surface area contributed by atoms with Crippen LogP contribution in [0.1, 0.15) is 47.1 Å². The van der Waals surface area contributed by atoms with Gasteiger partial charge in [0.15, 0.2) is 5.82 Å². The molecule has 27 heavy (non-hydrogen) atoms. The first-order valence-electron chi connectivity index (χ1n) is 8.58. The van der Waals surface area contributed by atoms with E-state index in [0.717, 1.165) is 32.9 Å². The van der Waals surface area contributed by atoms with Gasteiger partial charge in [-0.2, -0.15) is 0 Å². The van der Waals surface area contributed by atoms with Crippen LogP contribution in [-0.2, 0) is 11.3 Å². The van der Waals surface area contributed by atoms with Crippen molar-refractivity contribution in [3.8, 4) is 5.00 Å². The Morgan fingerprint density at radius 2 is 1.74 bits per heavy atom. The first-order chi connectivity index (χ1) is 12.8. The van der Waals surface area contributed by atoms with Crippen LogP contribution in [0, 0.1) is 20.8 Å². The van der Waals surface area contributed by atoms with Gasteiger partial charge in [-0.25, -0.2) is 0 Å². The number of benzene rings is 1. The largest absolute Gasteiger partial charge is 0.300 e. The van der Waals surface area contributed by atoms with Crippen LogP contribution in [0.5, 0.6) is 0 Å². The SMILES string of the molecule is CC(C)=O.Cc1sc2c(c1C)C(c1ccc(Cl)cc1)=NCc1nnc(C)n1-2. The van der Waals surface area contributed by atoms with Gasteiger partial charge >= 0.3 is 0 Å². The molecule has 0 saturated heterocycles. The summed E-state index contributed by atoms with van der Waals surface area (Å²) >= 11 is 7.80. The molecule has 0 N–H and O–H groups in total. The summed E-state index contributed by atoms with van der Waals surface area (Å²) < 4.78 is 2.13. The minimum absolute atomic E-state index is 0.167. The molecule has 0 atom stereocenters. The Hall–Kier alpha value is -2.31. The molecule has 5 nitrogen and oxygen atoms in total. The van der Waals surface area contributed by atoms with Crippen molar-refractivity contribution in [2.75, 3.05) is 0 Å². The average molecular weight is 401 g/mol. The van der Waals surface area contributed by atoms with Crippen LogP contribution in [0.4, 0.5) is 0 Å². The Balaban J connectivity index is 0.000000481. The number of carbonyl (C=O) groups is 1. The zero-order valence-corrected chi connectivity index (χ0v) is 17.6. The number of aliphatic imine (C=N–C) groups is 1. The fourth-order valence-electron chi connectivity index (χ4n) is 2.89. The third kappa shape index (κ3) is 3.87. The summed E-state index contributed by atoms with van der Waals surface area (Å²) in [4.78, 5) is 15.6. The van der Waals surface area contributed by atoms with Crippen molar-refractivity contribution in [1.82, 2.24) is 14.8 Å². The molecule has 7 heteroatoms. The van der Waals surface area contributed by atoms with Gasteiger partial charge in [0.25, 0.3) is 0 Å². The van der Waals surface area contributed by atoms with Crippen molar-refractivity contribution in [1.29, 1.82) is 0 Å². The number of aryl methyl sites for hydroxylation is 2. The molecule has 0 bridgehead atoms. The fourth-order valence-corrected chi connectivity index (χ4v) is 4.24. The second kappa shape index (κ2) is 7.74. The highest BCUT2D eigenvalue weighted by atomic mass is 35.5. The number of hydrogen-bond donors (Lipinski definition) is 0. The van der Waals surface area contributed by atoms with Gasteiger partial charge in [0.2, 0.25) is 0 Å². The second-order valence-electron chi connectivity index (χ2n) is 6.54. The smallest absolute Gasteiger partial charge is 0.160 e. The standard InChI is InChI=1S/C17H15ClN4S.C3H6O/c1-9-10(2)23-17-15(9)16(12-4-6-13(18)7-5-12)19-8-14-21-20-11(3)22(14)17;1-3(2)4/h4-7H,8H2,1-3H3;1-2H3. The van der Waals surface area contributed by atoms with Crippen LogP contribution in [0.2, 0.25) is 5.02 Å². The molecular formula is C20H21ClN4OS. The molecule has 4 rings (SSSR count). The van der Waals surface area contributed by atoms with Crippen molar-refractivity contribution in [2.24, 2.45) is 4.99 Å². The Kier molecular flexibility index (Phi) is 5.58. The Bertz CT molecular complexity index is 1030. The number of halogens is 1. The maximum atomic E-state index is 9.44. The van der Waals surface area contributed by atoms with Gasteiger partial charge < -0.3 is 4.79 Å². The second-order valence-corrected chi connectivity index (χ2v) is 8.18. The number of nitrogens with zero attached hydrogens (tertiary/aromatic N) is 4. The van der Waals surface area contributed by atoms with Crippen molar-refractivity contribution in [3.63, 3.8) is 0 Å². The van der Waals surface area contributed by atoms with Crippen LogP contribution in [0.25, 0.3) is 5.00 Å². The van der Waals surface area contributed by atoms with Crippen molar-refractivity contribution in [2.45, 2.75) is 41.2 Å². The molecule has 3 aromatic rings. The molecule has 0 spiro atoms. The summed E-state index contributed by atoms with van der Waals surface area (Å²) in [7, 11) is 0. The highest BCUT2D eigenvalue weighted by molar-refractivity contribution is 7.15. The van der Waals surface area contributed by atoms with Gasteiger partial charge in [0.1, 0.15) is 23.2 Å². The van der Waals surface area contributed by atoms with Crippen molar-refractivity contribution < 1.29 is 4.79 Å². The first kappa shape index (κ1) is 19.5. The number of fused-ring (bicyclic) bond motifs is 3. The highest BCUT2D eigenvalue weighted by Gasteiger charge is 2.26. The van der Waals surface area contributed by atoms with Gasteiger partial charge in [-0.15, -0.1) is 21.5 Å². The minimum atomic E-state index is 0.167. The summed E-state index contributed by atoms with van der Waals surface area (Å²) in [5.74, 6) is 1.95. The van der Waals surface area contributed by atoms with Crippen LogP contribution >= 0.6 is 22.9 Å². The molecule has 0 saturated carbocycles. The molecule has 0 aliphatic carbocycles. The monoisotopic (exact) mass is 400 g/mol. The van der Waals surface area contributed by atoms with E-state index >= 15 is 0 Å². The lowest BCUT2D eigenvalue weighted by atomic mass is 10.00. The van der Waals surface area contributed by atoms with E-state index in [1.165, 1.54) is 29.9 Å². The van der Waals surface area contributed by atoms with Gasteiger partial charge in [0.05, 0.1) is 5.71 Å². The molecule has 1 aliphatic rings. The highest BCUT2D eigenvalue weighted by Crippen LogP contribution is 2.36. The lowest BCUT2D eigenvalue weighted by molar-refractivity contribution is -0.114. The predicted molar refractivity (Wildman–Crippen MR) is 111 cm³/mol. The number of carbonyl (C=O) groups excluding carboxylic acids is 1. The summed E-state index contributed by atoms with van der Waals surface area (Å²) in [6.45, 7) is 9.87. The molecule has 0 unspecified atom stereocenters. The molecule has 140 valence electrons. The maximum Gasteiger partial charge on any atom is 0.160 e. The number of Topliss-reactive ketones (excluding diaryl/α,β-unsaturated/α-hetero) is 1. The summed E-state index contributed by atoms with van der Waals surface area (Å²) in [6, 6.07) is 7.86. The van der Waals surface area contributed by atoms with E-state index in [0.29, 0.717) is 6.54 Å². The van der Waals surface area contributed by atoms with E-state index < -0.39 is 0 Å². The number of aromatic nitrogens is 3. The molecular weight excluding hydrogens is 380 g/mol. The molecule has 1 aliphatic heterocycles. The lowest BCUT2D eigenvalue weighted by Crippen LogP contribution is -2.07. The van der Waals surface area contributed by atoms with Crippen LogP contribution in [0.3, 0.4) is 0 Å². The molecule has 0 fully saturated rings. The number of thiophene rings is 1. The maximum absolute atomic E-state index is 9.44. The topological polar surface area (TPSA) is 60.1 Å². The van der Waals surface area contributed by atoms with Gasteiger partial charge in [-0.05, 0) is 52.3 Å². The van der Waals surface area contributed by atoms with E-state index in [4.69, 9.17) is 16.6 Å². The third-order valence-electron chi connectivity index (χ3n) is 4.19. The van der Waals surface area contributed by atoms with Crippen molar-refractivity contribution in [3.05, 3.63) is 62.5 Å².